The number of hydrogen-bond acceptors (Lipinski definition) is 7. The lowest BCUT2D eigenvalue weighted by Crippen LogP contribution is -2.38. The summed E-state index contributed by atoms with van der Waals surface area (Å²) in [6, 6.07) is 0. The number of nitrogens with zero attached hydrogens (tertiary/aromatic N) is 4. The van der Waals surface area contributed by atoms with E-state index in [1.165, 1.54) is 18.7 Å². The van der Waals surface area contributed by atoms with Crippen molar-refractivity contribution in [2.45, 2.75) is 46.3 Å². The number of carbonyl (C=O) groups excluding carboxylic acids is 2. The van der Waals surface area contributed by atoms with Crippen LogP contribution in [-0.2, 0) is 11.3 Å². The molecule has 0 atom stereocenters. The van der Waals surface area contributed by atoms with Gasteiger partial charge < -0.3 is 14.6 Å². The smallest absolute Gasteiger partial charge is 0.228 e. The summed E-state index contributed by atoms with van der Waals surface area (Å²) < 4.78 is 7.54. The average molecular weight is 420 g/mol. The van der Waals surface area contributed by atoms with Gasteiger partial charge in [-0.3, -0.25) is 14.2 Å². The highest BCUT2D eigenvalue weighted by atomic mass is 32.2. The van der Waals surface area contributed by atoms with E-state index in [2.05, 4.69) is 38.5 Å². The van der Waals surface area contributed by atoms with E-state index < -0.39 is 0 Å². The standard InChI is InChI=1S/C20H29N5O3S/c1-12(2)10-25-19(24-6-8-28-9-7-24)22-23-20(25)29-11-16(27)18-13(3)17(15(5)26)14(4)21-18/h12,21H,6-11H2,1-5H3. The summed E-state index contributed by atoms with van der Waals surface area (Å²) in [6.07, 6.45) is 0. The molecule has 3 heterocycles. The Morgan fingerprint density at radius 2 is 1.90 bits per heavy atom. The first-order valence-electron chi connectivity index (χ1n) is 9.91. The zero-order chi connectivity index (χ0) is 21.1. The normalized spacial score (nSPS) is 14.6. The van der Waals surface area contributed by atoms with Crippen molar-refractivity contribution in [2.75, 3.05) is 37.0 Å². The Morgan fingerprint density at radius 1 is 1.21 bits per heavy atom. The second kappa shape index (κ2) is 9.13. The molecule has 0 aromatic carbocycles. The van der Waals surface area contributed by atoms with Crippen LogP contribution in [0.2, 0.25) is 0 Å². The molecule has 8 nitrogen and oxygen atoms in total. The Kier molecular flexibility index (Phi) is 6.79. The SMILES string of the molecule is CC(=O)c1c(C)[nH]c(C(=O)CSc2nnc(N3CCOCC3)n2CC(C)C)c1C. The number of nitrogens with one attached hydrogen (secondary N) is 1. The van der Waals surface area contributed by atoms with E-state index in [0.29, 0.717) is 30.4 Å². The molecule has 2 aromatic heterocycles. The second-order valence-electron chi connectivity index (χ2n) is 7.78. The van der Waals surface area contributed by atoms with E-state index in [9.17, 15) is 9.59 Å². The number of ketones is 2. The summed E-state index contributed by atoms with van der Waals surface area (Å²) in [5.41, 5.74) is 2.57. The summed E-state index contributed by atoms with van der Waals surface area (Å²) in [4.78, 5) is 29.9. The molecule has 0 amide bonds. The highest BCUT2D eigenvalue weighted by molar-refractivity contribution is 7.99. The molecule has 2 aromatic rings. The lowest BCUT2D eigenvalue weighted by Gasteiger charge is -2.28. The second-order valence-corrected chi connectivity index (χ2v) is 8.72. The topological polar surface area (TPSA) is 93.1 Å². The largest absolute Gasteiger partial charge is 0.378 e. The lowest BCUT2D eigenvalue weighted by atomic mass is 10.1. The number of hydrogen-bond donors (Lipinski definition) is 1. The third kappa shape index (κ3) is 4.72. The van der Waals surface area contributed by atoms with E-state index in [-0.39, 0.29) is 17.3 Å². The zero-order valence-electron chi connectivity index (χ0n) is 17.7. The van der Waals surface area contributed by atoms with E-state index >= 15 is 0 Å². The van der Waals surface area contributed by atoms with Crippen molar-refractivity contribution in [3.8, 4) is 0 Å². The number of rotatable bonds is 8. The fourth-order valence-corrected chi connectivity index (χ4v) is 4.48. The number of H-pyrrole nitrogens is 1. The Morgan fingerprint density at radius 3 is 2.48 bits per heavy atom. The Hall–Kier alpha value is -2.13. The third-order valence-electron chi connectivity index (χ3n) is 4.94. The highest BCUT2D eigenvalue weighted by Crippen LogP contribution is 2.26. The van der Waals surface area contributed by atoms with Gasteiger partial charge in [0.1, 0.15) is 0 Å². The summed E-state index contributed by atoms with van der Waals surface area (Å²) in [5.74, 6) is 1.41. The Labute approximate surface area is 175 Å². The number of carbonyl (C=O) groups is 2. The monoisotopic (exact) mass is 419 g/mol. The molecule has 158 valence electrons. The van der Waals surface area contributed by atoms with Crippen LogP contribution in [0.15, 0.2) is 5.16 Å². The fraction of sp³-hybridized carbons (Fsp3) is 0.600. The van der Waals surface area contributed by atoms with Crippen molar-refractivity contribution in [3.63, 3.8) is 0 Å². The zero-order valence-corrected chi connectivity index (χ0v) is 18.6. The Balaban J connectivity index is 1.78. The van der Waals surface area contributed by atoms with Crippen molar-refractivity contribution in [3.05, 3.63) is 22.5 Å². The quantitative estimate of drug-likeness (QED) is 0.519. The van der Waals surface area contributed by atoms with Gasteiger partial charge in [-0.15, -0.1) is 10.2 Å². The summed E-state index contributed by atoms with van der Waals surface area (Å²) in [6.45, 7) is 13.2. The van der Waals surface area contributed by atoms with Gasteiger partial charge in [0, 0.05) is 30.9 Å². The molecule has 1 fully saturated rings. The highest BCUT2D eigenvalue weighted by Gasteiger charge is 2.23. The van der Waals surface area contributed by atoms with Gasteiger partial charge in [-0.05, 0) is 32.3 Å². The first-order chi connectivity index (χ1) is 13.8. The molecule has 3 rings (SSSR count). The first-order valence-corrected chi connectivity index (χ1v) is 10.9. The third-order valence-corrected chi connectivity index (χ3v) is 5.91. The molecule has 1 N–H and O–H groups in total. The van der Waals surface area contributed by atoms with Crippen molar-refractivity contribution in [1.82, 2.24) is 19.7 Å². The van der Waals surface area contributed by atoms with Crippen LogP contribution < -0.4 is 4.90 Å². The molecule has 1 aliphatic heterocycles. The minimum Gasteiger partial charge on any atom is -0.378 e. The van der Waals surface area contributed by atoms with E-state index in [4.69, 9.17) is 4.74 Å². The fourth-order valence-electron chi connectivity index (χ4n) is 3.67. The van der Waals surface area contributed by atoms with E-state index in [1.807, 2.05) is 13.8 Å². The maximum Gasteiger partial charge on any atom is 0.228 e. The summed E-state index contributed by atoms with van der Waals surface area (Å²) in [5, 5.41) is 9.50. The predicted octanol–water partition coefficient (Wildman–Crippen LogP) is 2.89. The number of aromatic amines is 1. The van der Waals surface area contributed by atoms with Crippen LogP contribution in [0.25, 0.3) is 0 Å². The Bertz CT molecular complexity index is 896. The van der Waals surface area contributed by atoms with Gasteiger partial charge >= 0.3 is 0 Å². The molecule has 0 aliphatic carbocycles. The number of anilines is 1. The molecular weight excluding hydrogens is 390 g/mol. The van der Waals surface area contributed by atoms with Gasteiger partial charge in [-0.1, -0.05) is 25.6 Å². The van der Waals surface area contributed by atoms with Crippen molar-refractivity contribution >= 4 is 29.3 Å². The van der Waals surface area contributed by atoms with Crippen LogP contribution in [0.1, 0.15) is 52.9 Å². The van der Waals surface area contributed by atoms with Crippen LogP contribution in [-0.4, -0.2) is 63.4 Å². The molecule has 1 saturated heterocycles. The molecule has 1 aliphatic rings. The molecule has 9 heteroatoms. The van der Waals surface area contributed by atoms with Crippen LogP contribution in [0.5, 0.6) is 0 Å². The van der Waals surface area contributed by atoms with Crippen LogP contribution in [0.3, 0.4) is 0 Å². The van der Waals surface area contributed by atoms with Gasteiger partial charge in [0.2, 0.25) is 5.95 Å². The molecule has 0 spiro atoms. The van der Waals surface area contributed by atoms with Gasteiger partial charge in [-0.25, -0.2) is 0 Å². The molecule has 0 radical (unpaired) electrons. The molecule has 29 heavy (non-hydrogen) atoms. The minimum atomic E-state index is -0.0462. The number of morpholine rings is 1. The van der Waals surface area contributed by atoms with Crippen molar-refractivity contribution < 1.29 is 14.3 Å². The predicted molar refractivity (Wildman–Crippen MR) is 113 cm³/mol. The maximum atomic E-state index is 12.8. The average Bonchev–Trinajstić information content (AvgIpc) is 3.20. The molecule has 0 saturated carbocycles. The van der Waals surface area contributed by atoms with E-state index in [0.717, 1.165) is 42.0 Å². The maximum absolute atomic E-state index is 12.8. The number of Topliss-reactive ketones (excluding diaryl/α,β-unsaturated/α-hetero) is 2. The van der Waals surface area contributed by atoms with Gasteiger partial charge in [0.05, 0.1) is 24.7 Å². The van der Waals surface area contributed by atoms with Gasteiger partial charge in [0.25, 0.3) is 0 Å². The van der Waals surface area contributed by atoms with Crippen molar-refractivity contribution in [1.29, 1.82) is 0 Å². The first kappa shape index (κ1) is 21.6. The molecule has 0 bridgehead atoms. The van der Waals surface area contributed by atoms with E-state index in [1.54, 1.807) is 0 Å². The summed E-state index contributed by atoms with van der Waals surface area (Å²) >= 11 is 1.39. The van der Waals surface area contributed by atoms with Gasteiger partial charge in [0.15, 0.2) is 16.7 Å². The number of thioether (sulfide) groups is 1. The molecular formula is C20H29N5O3S. The van der Waals surface area contributed by atoms with Crippen molar-refractivity contribution in [2.24, 2.45) is 5.92 Å². The molecule has 0 unspecified atom stereocenters. The minimum absolute atomic E-state index is 0.0326. The van der Waals surface area contributed by atoms with Crippen LogP contribution in [0, 0.1) is 19.8 Å². The number of aromatic nitrogens is 4. The number of ether oxygens (including phenoxy) is 1. The number of aryl methyl sites for hydroxylation is 1. The van der Waals surface area contributed by atoms with Crippen LogP contribution in [0.4, 0.5) is 5.95 Å². The lowest BCUT2D eigenvalue weighted by molar-refractivity contribution is 0.101. The van der Waals surface area contributed by atoms with Crippen LogP contribution >= 0.6 is 11.8 Å². The summed E-state index contributed by atoms with van der Waals surface area (Å²) in [7, 11) is 0. The van der Waals surface area contributed by atoms with Gasteiger partial charge in [-0.2, -0.15) is 0 Å².